The Kier molecular flexibility index (Phi) is 3.71. The van der Waals surface area contributed by atoms with Crippen LogP contribution in [-0.2, 0) is 11.2 Å². The molecule has 1 atom stereocenters. The van der Waals surface area contributed by atoms with Gasteiger partial charge in [-0.25, -0.2) is 4.39 Å². The number of phenolic OH excluding ortho intramolecular Hbond substituents is 1. The Hall–Kier alpha value is -1.78. The highest BCUT2D eigenvalue weighted by Gasteiger charge is 2.19. The molecule has 0 aromatic heterocycles. The van der Waals surface area contributed by atoms with E-state index in [1.165, 1.54) is 20.1 Å². The van der Waals surface area contributed by atoms with Crippen LogP contribution in [0.15, 0.2) is 12.1 Å². The standard InChI is InChI=1S/C11H13FO4/c1-6(11(14)15)5-7-8(12)3-4-9(16-2)10(7)13/h3-4,6,13H,5H2,1-2H3,(H,14,15). The summed E-state index contributed by atoms with van der Waals surface area (Å²) in [6, 6.07) is 2.43. The zero-order valence-electron chi connectivity index (χ0n) is 9.03. The lowest BCUT2D eigenvalue weighted by Gasteiger charge is -2.11. The van der Waals surface area contributed by atoms with Crippen molar-refractivity contribution >= 4 is 5.97 Å². The van der Waals surface area contributed by atoms with Crippen LogP contribution < -0.4 is 4.74 Å². The van der Waals surface area contributed by atoms with Crippen molar-refractivity contribution in [1.82, 2.24) is 0 Å². The minimum Gasteiger partial charge on any atom is -0.504 e. The van der Waals surface area contributed by atoms with Gasteiger partial charge in [-0.15, -0.1) is 0 Å². The zero-order chi connectivity index (χ0) is 12.3. The molecule has 1 unspecified atom stereocenters. The fraction of sp³-hybridized carbons (Fsp3) is 0.364. The van der Waals surface area contributed by atoms with Crippen molar-refractivity contribution in [3.8, 4) is 11.5 Å². The Morgan fingerprint density at radius 1 is 1.56 bits per heavy atom. The molecule has 0 saturated heterocycles. The van der Waals surface area contributed by atoms with Crippen LogP contribution >= 0.6 is 0 Å². The smallest absolute Gasteiger partial charge is 0.306 e. The monoisotopic (exact) mass is 228 g/mol. The average Bonchev–Trinajstić information content (AvgIpc) is 2.24. The van der Waals surface area contributed by atoms with Crippen LogP contribution in [0.5, 0.6) is 11.5 Å². The van der Waals surface area contributed by atoms with Crippen molar-refractivity contribution in [1.29, 1.82) is 0 Å². The van der Waals surface area contributed by atoms with Crippen LogP contribution in [0.25, 0.3) is 0 Å². The van der Waals surface area contributed by atoms with E-state index < -0.39 is 17.7 Å². The topological polar surface area (TPSA) is 66.8 Å². The molecule has 0 aliphatic carbocycles. The summed E-state index contributed by atoms with van der Waals surface area (Å²) >= 11 is 0. The molecule has 0 spiro atoms. The summed E-state index contributed by atoms with van der Waals surface area (Å²) < 4.78 is 18.2. The Bertz CT molecular complexity index is 403. The molecular weight excluding hydrogens is 215 g/mol. The van der Waals surface area contributed by atoms with E-state index in [-0.39, 0.29) is 23.5 Å². The van der Waals surface area contributed by atoms with Gasteiger partial charge in [0.2, 0.25) is 0 Å². The van der Waals surface area contributed by atoms with Crippen molar-refractivity contribution in [2.24, 2.45) is 5.92 Å². The number of halogens is 1. The molecule has 0 heterocycles. The first-order valence-corrected chi connectivity index (χ1v) is 4.74. The fourth-order valence-electron chi connectivity index (χ4n) is 1.34. The Balaban J connectivity index is 3.07. The van der Waals surface area contributed by atoms with Crippen molar-refractivity contribution in [3.63, 3.8) is 0 Å². The lowest BCUT2D eigenvalue weighted by molar-refractivity contribution is -0.141. The summed E-state index contributed by atoms with van der Waals surface area (Å²) in [4.78, 5) is 10.6. The third-order valence-corrected chi connectivity index (χ3v) is 2.34. The van der Waals surface area contributed by atoms with Gasteiger partial charge in [0, 0.05) is 5.56 Å². The van der Waals surface area contributed by atoms with Gasteiger partial charge < -0.3 is 14.9 Å². The molecule has 1 rings (SSSR count). The van der Waals surface area contributed by atoms with E-state index in [2.05, 4.69) is 0 Å². The SMILES string of the molecule is COc1ccc(F)c(CC(C)C(=O)O)c1O. The van der Waals surface area contributed by atoms with Crippen molar-refractivity contribution in [2.45, 2.75) is 13.3 Å². The molecule has 4 nitrogen and oxygen atoms in total. The maximum atomic E-state index is 13.4. The lowest BCUT2D eigenvalue weighted by atomic mass is 9.99. The summed E-state index contributed by atoms with van der Waals surface area (Å²) in [6.45, 7) is 1.45. The predicted octanol–water partition coefficient (Wildman–Crippen LogP) is 1.80. The molecule has 16 heavy (non-hydrogen) atoms. The highest BCUT2D eigenvalue weighted by Crippen LogP contribution is 2.33. The van der Waals surface area contributed by atoms with E-state index in [9.17, 15) is 14.3 Å². The largest absolute Gasteiger partial charge is 0.504 e. The third kappa shape index (κ3) is 2.42. The van der Waals surface area contributed by atoms with Gasteiger partial charge in [0.05, 0.1) is 13.0 Å². The van der Waals surface area contributed by atoms with Crippen LogP contribution in [-0.4, -0.2) is 23.3 Å². The second kappa shape index (κ2) is 4.83. The number of ether oxygens (including phenoxy) is 1. The van der Waals surface area contributed by atoms with E-state index in [1.54, 1.807) is 0 Å². The first-order valence-electron chi connectivity index (χ1n) is 4.74. The second-order valence-electron chi connectivity index (χ2n) is 3.52. The number of hydrogen-bond donors (Lipinski definition) is 2. The molecule has 1 aromatic carbocycles. The summed E-state index contributed by atoms with van der Waals surface area (Å²) in [5.74, 6) is -2.65. The molecule has 0 aliphatic heterocycles. The van der Waals surface area contributed by atoms with Gasteiger partial charge in [-0.3, -0.25) is 4.79 Å². The molecule has 0 aliphatic rings. The van der Waals surface area contributed by atoms with Gasteiger partial charge in [-0.2, -0.15) is 0 Å². The van der Waals surface area contributed by atoms with E-state index >= 15 is 0 Å². The molecule has 0 bridgehead atoms. The molecule has 2 N–H and O–H groups in total. The summed E-state index contributed by atoms with van der Waals surface area (Å²) in [5.41, 5.74) is -0.0331. The first kappa shape index (κ1) is 12.3. The summed E-state index contributed by atoms with van der Waals surface area (Å²) in [5, 5.41) is 18.4. The molecule has 88 valence electrons. The molecule has 0 fully saturated rings. The van der Waals surface area contributed by atoms with E-state index in [0.717, 1.165) is 6.07 Å². The normalized spacial score (nSPS) is 12.2. The Morgan fingerprint density at radius 2 is 2.19 bits per heavy atom. The number of benzene rings is 1. The van der Waals surface area contributed by atoms with Crippen LogP contribution in [0.3, 0.4) is 0 Å². The quantitative estimate of drug-likeness (QED) is 0.824. The minimum atomic E-state index is -1.04. The number of carbonyl (C=O) groups is 1. The van der Waals surface area contributed by atoms with Gasteiger partial charge in [-0.05, 0) is 18.6 Å². The lowest BCUT2D eigenvalue weighted by Crippen LogP contribution is -2.13. The molecule has 0 amide bonds. The summed E-state index contributed by atoms with van der Waals surface area (Å²) in [7, 11) is 1.34. The van der Waals surface area contributed by atoms with Crippen LogP contribution in [0, 0.1) is 11.7 Å². The summed E-state index contributed by atoms with van der Waals surface area (Å²) in [6.07, 6.45) is -0.0792. The van der Waals surface area contributed by atoms with Gasteiger partial charge in [-0.1, -0.05) is 6.92 Å². The second-order valence-corrected chi connectivity index (χ2v) is 3.52. The molecule has 1 aromatic rings. The highest BCUT2D eigenvalue weighted by atomic mass is 19.1. The van der Waals surface area contributed by atoms with Crippen molar-refractivity contribution < 1.29 is 24.1 Å². The van der Waals surface area contributed by atoms with Crippen LogP contribution in [0.4, 0.5) is 4.39 Å². The predicted molar refractivity (Wildman–Crippen MR) is 55.1 cm³/mol. The molecule has 0 radical (unpaired) electrons. The third-order valence-electron chi connectivity index (χ3n) is 2.34. The van der Waals surface area contributed by atoms with Gasteiger partial charge in [0.25, 0.3) is 0 Å². The zero-order valence-corrected chi connectivity index (χ0v) is 9.03. The molecular formula is C11H13FO4. The Morgan fingerprint density at radius 3 is 2.69 bits per heavy atom. The Labute approximate surface area is 92.3 Å². The van der Waals surface area contributed by atoms with Crippen LogP contribution in [0.2, 0.25) is 0 Å². The highest BCUT2D eigenvalue weighted by molar-refractivity contribution is 5.70. The number of methoxy groups -OCH3 is 1. The number of hydrogen-bond acceptors (Lipinski definition) is 3. The number of aromatic hydroxyl groups is 1. The number of rotatable bonds is 4. The molecule has 0 saturated carbocycles. The van der Waals surface area contributed by atoms with Crippen molar-refractivity contribution in [2.75, 3.05) is 7.11 Å². The first-order chi connectivity index (χ1) is 7.47. The number of carboxylic acids is 1. The number of phenols is 1. The fourth-order valence-corrected chi connectivity index (χ4v) is 1.34. The molecule has 5 heteroatoms. The maximum absolute atomic E-state index is 13.4. The van der Waals surface area contributed by atoms with Crippen LogP contribution in [0.1, 0.15) is 12.5 Å². The maximum Gasteiger partial charge on any atom is 0.306 e. The van der Waals surface area contributed by atoms with Gasteiger partial charge in [0.1, 0.15) is 5.82 Å². The minimum absolute atomic E-state index is 0.0331. The van der Waals surface area contributed by atoms with E-state index in [4.69, 9.17) is 9.84 Å². The van der Waals surface area contributed by atoms with Gasteiger partial charge >= 0.3 is 5.97 Å². The number of aliphatic carboxylic acids is 1. The van der Waals surface area contributed by atoms with Crippen molar-refractivity contribution in [3.05, 3.63) is 23.5 Å². The average molecular weight is 228 g/mol. The number of carboxylic acid groups (broad SMARTS) is 1. The van der Waals surface area contributed by atoms with Gasteiger partial charge in [0.15, 0.2) is 11.5 Å². The van der Waals surface area contributed by atoms with E-state index in [0.29, 0.717) is 0 Å². The van der Waals surface area contributed by atoms with E-state index in [1.807, 2.05) is 0 Å².